The number of hydrogen-bond donors (Lipinski definition) is 2. The Morgan fingerprint density at radius 1 is 1.29 bits per heavy atom. The first-order chi connectivity index (χ1) is 13.2. The molecule has 1 aromatic heterocycles. The highest BCUT2D eigenvalue weighted by Gasteiger charge is 2.15. The van der Waals surface area contributed by atoms with Crippen LogP contribution < -0.4 is 15.4 Å². The van der Waals surface area contributed by atoms with Crippen LogP contribution >= 0.6 is 35.7 Å². The lowest BCUT2D eigenvalue weighted by molar-refractivity contribution is 0.460. The molecule has 0 bridgehead atoms. The smallest absolute Gasteiger partial charge is 0.219 e. The molecule has 1 fully saturated rings. The lowest BCUT2D eigenvalue weighted by Crippen LogP contribution is -2.40. The number of halogens is 2. The van der Waals surface area contributed by atoms with Crippen LogP contribution in [0.2, 0.25) is 0 Å². The number of rotatable bonds is 7. The third-order valence-electron chi connectivity index (χ3n) is 4.12. The van der Waals surface area contributed by atoms with Crippen LogP contribution in [0.15, 0.2) is 47.6 Å². The van der Waals surface area contributed by atoms with Gasteiger partial charge < -0.3 is 15.4 Å². The van der Waals surface area contributed by atoms with E-state index < -0.39 is 0 Å². The highest BCUT2D eigenvalue weighted by Crippen LogP contribution is 2.25. The second-order valence-corrected chi connectivity index (χ2v) is 7.68. The first-order valence-electron chi connectivity index (χ1n) is 9.25. The van der Waals surface area contributed by atoms with Gasteiger partial charge in [0.15, 0.2) is 5.96 Å². The predicted molar refractivity (Wildman–Crippen MR) is 124 cm³/mol. The lowest BCUT2D eigenvalue weighted by atomic mass is 10.2. The van der Waals surface area contributed by atoms with Gasteiger partial charge in [-0.15, -0.1) is 24.0 Å². The average Bonchev–Trinajstić information content (AvgIpc) is 3.20. The van der Waals surface area contributed by atoms with Gasteiger partial charge in [-0.2, -0.15) is 11.8 Å². The minimum atomic E-state index is -0.294. The Bertz CT molecular complexity index is 754. The Morgan fingerprint density at radius 2 is 2.11 bits per heavy atom. The SMILES string of the molecule is CCNC(=NCc1ccnc(Oc2ccc(F)cc2)c1)NCC1CCCS1.I. The van der Waals surface area contributed by atoms with E-state index in [1.165, 1.54) is 30.7 Å². The summed E-state index contributed by atoms with van der Waals surface area (Å²) in [4.78, 5) is 8.87. The summed E-state index contributed by atoms with van der Waals surface area (Å²) in [5.74, 6) is 2.80. The first kappa shape index (κ1) is 22.7. The molecule has 1 saturated heterocycles. The van der Waals surface area contributed by atoms with Crippen molar-refractivity contribution >= 4 is 41.7 Å². The van der Waals surface area contributed by atoms with Gasteiger partial charge in [0.25, 0.3) is 0 Å². The molecule has 8 heteroatoms. The molecule has 1 atom stereocenters. The number of thioether (sulfide) groups is 1. The van der Waals surface area contributed by atoms with E-state index in [1.807, 2.05) is 23.9 Å². The normalized spacial score (nSPS) is 16.4. The minimum absolute atomic E-state index is 0. The van der Waals surface area contributed by atoms with Crippen LogP contribution in [0.4, 0.5) is 4.39 Å². The molecule has 0 radical (unpaired) electrons. The van der Waals surface area contributed by atoms with Gasteiger partial charge in [-0.3, -0.25) is 0 Å². The van der Waals surface area contributed by atoms with Crippen molar-refractivity contribution in [2.75, 3.05) is 18.8 Å². The number of hydrogen-bond acceptors (Lipinski definition) is 4. The summed E-state index contributed by atoms with van der Waals surface area (Å²) in [6.45, 7) is 4.34. The van der Waals surface area contributed by atoms with Gasteiger partial charge in [0, 0.05) is 30.6 Å². The Labute approximate surface area is 187 Å². The molecule has 1 aliphatic heterocycles. The number of benzene rings is 1. The van der Waals surface area contributed by atoms with Crippen LogP contribution in [-0.4, -0.2) is 35.0 Å². The molecule has 1 aliphatic rings. The maximum atomic E-state index is 13.0. The molecule has 0 amide bonds. The molecule has 5 nitrogen and oxygen atoms in total. The van der Waals surface area contributed by atoms with E-state index in [1.54, 1.807) is 18.3 Å². The lowest BCUT2D eigenvalue weighted by Gasteiger charge is -2.14. The third-order valence-corrected chi connectivity index (χ3v) is 5.52. The Morgan fingerprint density at radius 3 is 2.82 bits per heavy atom. The fraction of sp³-hybridized carbons (Fsp3) is 0.400. The Balaban J connectivity index is 0.00000280. The van der Waals surface area contributed by atoms with E-state index in [9.17, 15) is 4.39 Å². The van der Waals surface area contributed by atoms with E-state index in [-0.39, 0.29) is 29.8 Å². The maximum Gasteiger partial charge on any atom is 0.219 e. The molecule has 28 heavy (non-hydrogen) atoms. The second kappa shape index (κ2) is 12.1. The molecule has 2 N–H and O–H groups in total. The monoisotopic (exact) mass is 516 g/mol. The van der Waals surface area contributed by atoms with Crippen molar-refractivity contribution in [3.8, 4) is 11.6 Å². The van der Waals surface area contributed by atoms with Gasteiger partial charge in [0.05, 0.1) is 6.54 Å². The largest absolute Gasteiger partial charge is 0.439 e. The van der Waals surface area contributed by atoms with Gasteiger partial charge >= 0.3 is 0 Å². The zero-order valence-electron chi connectivity index (χ0n) is 15.9. The number of pyridine rings is 1. The summed E-state index contributed by atoms with van der Waals surface area (Å²) < 4.78 is 18.7. The van der Waals surface area contributed by atoms with Crippen molar-refractivity contribution < 1.29 is 9.13 Å². The predicted octanol–water partition coefficient (Wildman–Crippen LogP) is 4.58. The van der Waals surface area contributed by atoms with E-state index in [4.69, 9.17) is 4.74 Å². The quantitative estimate of drug-likeness (QED) is 0.321. The molecule has 0 saturated carbocycles. The maximum absolute atomic E-state index is 13.0. The number of guanidine groups is 1. The third kappa shape index (κ3) is 7.46. The van der Waals surface area contributed by atoms with Crippen molar-refractivity contribution in [3.63, 3.8) is 0 Å². The minimum Gasteiger partial charge on any atom is -0.439 e. The van der Waals surface area contributed by atoms with Crippen LogP contribution in [0.3, 0.4) is 0 Å². The summed E-state index contributed by atoms with van der Waals surface area (Å²) in [6.07, 6.45) is 4.27. The standard InChI is InChI=1S/C20H25FN4OS.HI/c1-2-22-20(25-14-18-4-3-11-27-18)24-13-15-9-10-23-19(12-15)26-17-7-5-16(21)6-8-17;/h5-10,12,18H,2-4,11,13-14H2,1H3,(H2,22,24,25);1H. The zero-order chi connectivity index (χ0) is 18.9. The van der Waals surface area contributed by atoms with Crippen molar-refractivity contribution in [2.45, 2.75) is 31.6 Å². The van der Waals surface area contributed by atoms with E-state index in [0.717, 1.165) is 24.6 Å². The van der Waals surface area contributed by atoms with Gasteiger partial charge in [-0.1, -0.05) is 0 Å². The van der Waals surface area contributed by atoms with Gasteiger partial charge in [-0.05, 0) is 61.4 Å². The highest BCUT2D eigenvalue weighted by atomic mass is 127. The molecule has 1 aromatic carbocycles. The van der Waals surface area contributed by atoms with E-state index in [0.29, 0.717) is 23.4 Å². The van der Waals surface area contributed by atoms with Crippen LogP contribution in [0.25, 0.3) is 0 Å². The van der Waals surface area contributed by atoms with Crippen LogP contribution in [0, 0.1) is 5.82 Å². The molecule has 2 aromatic rings. The summed E-state index contributed by atoms with van der Waals surface area (Å²) >= 11 is 2.03. The van der Waals surface area contributed by atoms with Crippen molar-refractivity contribution in [1.82, 2.24) is 15.6 Å². The number of nitrogens with one attached hydrogen (secondary N) is 2. The van der Waals surface area contributed by atoms with Gasteiger partial charge in [-0.25, -0.2) is 14.4 Å². The van der Waals surface area contributed by atoms with Crippen molar-refractivity contribution in [2.24, 2.45) is 4.99 Å². The number of nitrogens with zero attached hydrogens (tertiary/aromatic N) is 2. The van der Waals surface area contributed by atoms with Crippen molar-refractivity contribution in [1.29, 1.82) is 0 Å². The molecule has 2 heterocycles. The highest BCUT2D eigenvalue weighted by molar-refractivity contribution is 14.0. The fourth-order valence-electron chi connectivity index (χ4n) is 2.76. The fourth-order valence-corrected chi connectivity index (χ4v) is 3.96. The average molecular weight is 516 g/mol. The molecule has 0 spiro atoms. The Hall–Kier alpha value is -1.55. The van der Waals surface area contributed by atoms with E-state index >= 15 is 0 Å². The summed E-state index contributed by atoms with van der Waals surface area (Å²) in [7, 11) is 0. The van der Waals surface area contributed by atoms with Gasteiger partial charge in [0.2, 0.25) is 5.88 Å². The number of aromatic nitrogens is 1. The van der Waals surface area contributed by atoms with Crippen LogP contribution in [0.5, 0.6) is 11.6 Å². The summed E-state index contributed by atoms with van der Waals surface area (Å²) in [5, 5.41) is 7.38. The topological polar surface area (TPSA) is 58.5 Å². The zero-order valence-corrected chi connectivity index (χ0v) is 19.0. The first-order valence-corrected chi connectivity index (χ1v) is 10.3. The summed E-state index contributed by atoms with van der Waals surface area (Å²) in [5.41, 5.74) is 0.995. The van der Waals surface area contributed by atoms with Crippen molar-refractivity contribution in [3.05, 3.63) is 54.0 Å². The molecule has 1 unspecified atom stereocenters. The number of ether oxygens (including phenoxy) is 1. The molecule has 0 aliphatic carbocycles. The van der Waals surface area contributed by atoms with Gasteiger partial charge in [0.1, 0.15) is 11.6 Å². The molecular weight excluding hydrogens is 490 g/mol. The second-order valence-electron chi connectivity index (χ2n) is 6.27. The summed E-state index contributed by atoms with van der Waals surface area (Å²) in [6, 6.07) is 9.65. The Kier molecular flexibility index (Phi) is 9.83. The molecule has 3 rings (SSSR count). The molecular formula is C20H26FIN4OS. The van der Waals surface area contributed by atoms with E-state index in [2.05, 4.69) is 27.5 Å². The van der Waals surface area contributed by atoms with Crippen LogP contribution in [0.1, 0.15) is 25.3 Å². The number of aliphatic imine (C=N–C) groups is 1. The molecule has 152 valence electrons. The van der Waals surface area contributed by atoms with Crippen LogP contribution in [-0.2, 0) is 6.54 Å².